The van der Waals surface area contributed by atoms with Gasteiger partial charge in [0, 0.05) is 25.1 Å². The van der Waals surface area contributed by atoms with Crippen LogP contribution < -0.4 is 10.0 Å². The van der Waals surface area contributed by atoms with Crippen LogP contribution in [0.3, 0.4) is 0 Å². The van der Waals surface area contributed by atoms with Crippen LogP contribution in [0, 0.1) is 10.1 Å². The Bertz CT molecular complexity index is 647. The molecule has 0 aliphatic carbocycles. The number of nitrogens with one attached hydrogen (secondary N) is 2. The molecule has 1 fully saturated rings. The van der Waals surface area contributed by atoms with Crippen LogP contribution >= 0.6 is 22.9 Å². The highest BCUT2D eigenvalue weighted by atomic mass is 35.5. The summed E-state index contributed by atoms with van der Waals surface area (Å²) in [6.07, 6.45) is 0.616. The fourth-order valence-corrected chi connectivity index (χ4v) is 4.66. The molecule has 1 aromatic rings. The van der Waals surface area contributed by atoms with Crippen molar-refractivity contribution in [2.75, 3.05) is 6.54 Å². The lowest BCUT2D eigenvalue weighted by Gasteiger charge is -2.22. The van der Waals surface area contributed by atoms with Crippen LogP contribution in [-0.4, -0.2) is 31.8 Å². The van der Waals surface area contributed by atoms with Crippen molar-refractivity contribution in [1.82, 2.24) is 10.0 Å². The number of thiophene rings is 1. The molecule has 0 bridgehead atoms. The Morgan fingerprint density at radius 3 is 2.75 bits per heavy atom. The fraction of sp³-hybridized carbons (Fsp3) is 0.444. The highest BCUT2D eigenvalue weighted by molar-refractivity contribution is 7.91. The van der Waals surface area contributed by atoms with E-state index < -0.39 is 26.7 Å². The summed E-state index contributed by atoms with van der Waals surface area (Å²) >= 11 is 6.26. The van der Waals surface area contributed by atoms with Crippen molar-refractivity contribution in [2.45, 2.75) is 23.1 Å². The maximum Gasteiger partial charge on any atom is 0.300 e. The quantitative estimate of drug-likeness (QED) is 0.623. The van der Waals surface area contributed by atoms with Gasteiger partial charge in [-0.2, -0.15) is 0 Å². The Balaban J connectivity index is 2.16. The predicted molar refractivity (Wildman–Crippen MR) is 72.3 cm³/mol. The Labute approximate surface area is 123 Å². The number of hydrogen-bond donors (Lipinski definition) is 2. The number of halogens is 1. The van der Waals surface area contributed by atoms with E-state index in [1.807, 2.05) is 0 Å². The number of amides is 1. The van der Waals surface area contributed by atoms with Crippen LogP contribution in [0.2, 0.25) is 4.34 Å². The van der Waals surface area contributed by atoms with Gasteiger partial charge in [-0.05, 0) is 6.42 Å². The molecule has 0 radical (unpaired) electrons. The van der Waals surface area contributed by atoms with Crippen LogP contribution in [0.15, 0.2) is 10.3 Å². The number of carbonyl (C=O) groups is 1. The molecule has 8 nitrogen and oxygen atoms in total. The molecule has 20 heavy (non-hydrogen) atoms. The summed E-state index contributed by atoms with van der Waals surface area (Å²) in [7, 11) is -3.88. The van der Waals surface area contributed by atoms with Gasteiger partial charge in [-0.15, -0.1) is 11.3 Å². The van der Waals surface area contributed by atoms with Gasteiger partial charge in [0.1, 0.15) is 4.21 Å². The van der Waals surface area contributed by atoms with Crippen molar-refractivity contribution in [1.29, 1.82) is 0 Å². The van der Waals surface area contributed by atoms with Gasteiger partial charge in [0.05, 0.1) is 4.92 Å². The minimum absolute atomic E-state index is 0.129. The van der Waals surface area contributed by atoms with E-state index in [1.165, 1.54) is 0 Å². The predicted octanol–water partition coefficient (Wildman–Crippen LogP) is 0.867. The van der Waals surface area contributed by atoms with E-state index >= 15 is 0 Å². The van der Waals surface area contributed by atoms with E-state index in [0.29, 0.717) is 17.8 Å². The number of sulfonamides is 1. The minimum atomic E-state index is -3.88. The van der Waals surface area contributed by atoms with E-state index in [9.17, 15) is 23.3 Å². The molecule has 2 heterocycles. The zero-order chi connectivity index (χ0) is 14.9. The number of piperidine rings is 1. The molecule has 1 saturated heterocycles. The van der Waals surface area contributed by atoms with Gasteiger partial charge < -0.3 is 5.32 Å². The molecule has 11 heteroatoms. The summed E-state index contributed by atoms with van der Waals surface area (Å²) < 4.78 is 26.1. The average Bonchev–Trinajstić information content (AvgIpc) is 2.75. The Morgan fingerprint density at radius 2 is 2.25 bits per heavy atom. The van der Waals surface area contributed by atoms with Crippen molar-refractivity contribution in [3.63, 3.8) is 0 Å². The topological polar surface area (TPSA) is 118 Å². The van der Waals surface area contributed by atoms with Crippen molar-refractivity contribution in [2.24, 2.45) is 0 Å². The Hall–Kier alpha value is -1.23. The van der Waals surface area contributed by atoms with Crippen molar-refractivity contribution >= 4 is 44.6 Å². The SMILES string of the molecule is O=C1CCC(NS(=O)(=O)c2cc([N+](=O)[O-])c(Cl)s2)CN1. The smallest absolute Gasteiger partial charge is 0.300 e. The normalized spacial score (nSPS) is 19.6. The standard InChI is InChI=1S/C9H10ClN3O5S2/c10-9-6(13(15)16)3-8(19-9)20(17,18)12-5-1-2-7(14)11-4-5/h3,5,12H,1-2,4H2,(H,11,14). The maximum absolute atomic E-state index is 12.1. The van der Waals surface area contributed by atoms with Crippen molar-refractivity contribution in [3.8, 4) is 0 Å². The summed E-state index contributed by atoms with van der Waals surface area (Å²) in [4.78, 5) is 20.9. The molecular formula is C9H10ClN3O5S2. The monoisotopic (exact) mass is 339 g/mol. The lowest BCUT2D eigenvalue weighted by atomic mass is 10.1. The van der Waals surface area contributed by atoms with Gasteiger partial charge in [0.25, 0.3) is 15.7 Å². The highest BCUT2D eigenvalue weighted by Gasteiger charge is 2.28. The average molecular weight is 340 g/mol. The third-order valence-electron chi connectivity index (χ3n) is 2.70. The molecule has 1 unspecified atom stereocenters. The summed E-state index contributed by atoms with van der Waals surface area (Å²) in [6.45, 7) is 0.194. The number of hydrogen-bond acceptors (Lipinski definition) is 6. The molecule has 1 atom stereocenters. The van der Waals surface area contributed by atoms with Crippen LogP contribution in [0.1, 0.15) is 12.8 Å². The second-order valence-electron chi connectivity index (χ2n) is 4.14. The molecule has 0 spiro atoms. The van der Waals surface area contributed by atoms with Gasteiger partial charge in [-0.1, -0.05) is 11.6 Å². The zero-order valence-electron chi connectivity index (χ0n) is 9.96. The lowest BCUT2D eigenvalue weighted by Crippen LogP contribution is -2.47. The maximum atomic E-state index is 12.1. The number of rotatable bonds is 4. The second-order valence-corrected chi connectivity index (χ2v) is 7.74. The second kappa shape index (κ2) is 5.64. The van der Waals surface area contributed by atoms with E-state index in [1.54, 1.807) is 0 Å². The largest absolute Gasteiger partial charge is 0.355 e. The number of carbonyl (C=O) groups excluding carboxylic acids is 1. The van der Waals surface area contributed by atoms with Crippen molar-refractivity contribution in [3.05, 3.63) is 20.5 Å². The number of nitro groups is 1. The van der Waals surface area contributed by atoms with E-state index in [-0.39, 0.29) is 27.4 Å². The first-order valence-electron chi connectivity index (χ1n) is 5.52. The third-order valence-corrected chi connectivity index (χ3v) is 6.03. The van der Waals surface area contributed by atoms with Crippen LogP contribution in [-0.2, 0) is 14.8 Å². The first-order chi connectivity index (χ1) is 9.29. The fourth-order valence-electron chi connectivity index (χ4n) is 1.71. The molecule has 1 aliphatic rings. The Kier molecular flexibility index (Phi) is 4.28. The third kappa shape index (κ3) is 3.26. The summed E-state index contributed by atoms with van der Waals surface area (Å²) in [6, 6.07) is 0.495. The minimum Gasteiger partial charge on any atom is -0.355 e. The van der Waals surface area contributed by atoms with E-state index in [0.717, 1.165) is 6.07 Å². The molecule has 1 aromatic heterocycles. The molecule has 2 N–H and O–H groups in total. The van der Waals surface area contributed by atoms with Crippen molar-refractivity contribution < 1.29 is 18.1 Å². The first kappa shape index (κ1) is 15.2. The zero-order valence-corrected chi connectivity index (χ0v) is 12.3. The molecule has 1 amide bonds. The van der Waals surface area contributed by atoms with Gasteiger partial charge >= 0.3 is 0 Å². The highest BCUT2D eigenvalue weighted by Crippen LogP contribution is 2.36. The summed E-state index contributed by atoms with van der Waals surface area (Å²) in [5, 5.41) is 13.2. The van der Waals surface area contributed by atoms with Gasteiger partial charge in [-0.3, -0.25) is 14.9 Å². The molecule has 110 valence electrons. The summed E-state index contributed by atoms with van der Waals surface area (Å²) in [5.41, 5.74) is -0.436. The van der Waals surface area contributed by atoms with Crippen LogP contribution in [0.5, 0.6) is 0 Å². The van der Waals surface area contributed by atoms with Crippen LogP contribution in [0.25, 0.3) is 0 Å². The van der Waals surface area contributed by atoms with Gasteiger partial charge in [0.2, 0.25) is 5.91 Å². The summed E-state index contributed by atoms with van der Waals surface area (Å²) in [5.74, 6) is -0.129. The van der Waals surface area contributed by atoms with Crippen LogP contribution in [0.4, 0.5) is 5.69 Å². The molecule has 0 saturated carbocycles. The van der Waals surface area contributed by atoms with Gasteiger partial charge in [-0.25, -0.2) is 13.1 Å². The van der Waals surface area contributed by atoms with E-state index in [4.69, 9.17) is 11.6 Å². The lowest BCUT2D eigenvalue weighted by molar-refractivity contribution is -0.384. The first-order valence-corrected chi connectivity index (χ1v) is 8.20. The molecule has 2 rings (SSSR count). The molecule has 1 aliphatic heterocycles. The number of nitrogens with zero attached hydrogens (tertiary/aromatic N) is 1. The van der Waals surface area contributed by atoms with Gasteiger partial charge in [0.15, 0.2) is 4.34 Å². The Morgan fingerprint density at radius 1 is 1.55 bits per heavy atom. The molecular weight excluding hydrogens is 330 g/mol. The molecule has 0 aromatic carbocycles. The van der Waals surface area contributed by atoms with E-state index in [2.05, 4.69) is 10.0 Å².